The number of ether oxygens (including phenoxy) is 1. The lowest BCUT2D eigenvalue weighted by atomic mass is 10.1. The maximum atomic E-state index is 12.6. The third-order valence-electron chi connectivity index (χ3n) is 2.41. The van der Waals surface area contributed by atoms with Crippen LogP contribution in [0.2, 0.25) is 0 Å². The van der Waals surface area contributed by atoms with E-state index < -0.39 is 29.7 Å². The van der Waals surface area contributed by atoms with Crippen molar-refractivity contribution in [2.75, 3.05) is 5.75 Å². The average molecular weight is 261 g/mol. The molecule has 1 saturated heterocycles. The predicted molar refractivity (Wildman–Crippen MR) is 59.1 cm³/mol. The second-order valence-corrected chi connectivity index (χ2v) is 4.82. The van der Waals surface area contributed by atoms with Crippen LogP contribution >= 0.6 is 11.8 Å². The molecule has 7 heteroatoms. The van der Waals surface area contributed by atoms with Crippen LogP contribution < -0.4 is 4.74 Å². The molecule has 1 aliphatic rings. The van der Waals surface area contributed by atoms with Crippen LogP contribution in [0, 0.1) is 5.95 Å². The summed E-state index contributed by atoms with van der Waals surface area (Å²) in [6, 6.07) is 2.52. The Morgan fingerprint density at radius 1 is 1.29 bits per heavy atom. The monoisotopic (exact) mass is 261 g/mol. The van der Waals surface area contributed by atoms with E-state index in [9.17, 15) is 19.7 Å². The van der Waals surface area contributed by atoms with Crippen LogP contribution in [-0.2, 0) is 0 Å². The Kier molecular flexibility index (Phi) is 3.82. The summed E-state index contributed by atoms with van der Waals surface area (Å²) < 4.78 is 17.9. The van der Waals surface area contributed by atoms with Gasteiger partial charge in [-0.25, -0.2) is 4.98 Å². The molecule has 0 amide bonds. The molecule has 4 atom stereocenters. The Labute approximate surface area is 101 Å². The largest absolute Gasteiger partial charge is 0.475 e. The number of pyridine rings is 1. The normalized spacial score (nSPS) is 33.4. The smallest absolute Gasteiger partial charge is 0.213 e. The molecule has 1 aromatic heterocycles. The van der Waals surface area contributed by atoms with Crippen molar-refractivity contribution in [3.8, 4) is 5.75 Å². The highest BCUT2D eigenvalue weighted by Gasteiger charge is 2.38. The highest BCUT2D eigenvalue weighted by molar-refractivity contribution is 7.99. The van der Waals surface area contributed by atoms with Crippen LogP contribution in [0.25, 0.3) is 0 Å². The van der Waals surface area contributed by atoms with Crippen molar-refractivity contribution in [3.05, 3.63) is 24.3 Å². The van der Waals surface area contributed by atoms with Crippen molar-refractivity contribution in [2.24, 2.45) is 0 Å². The molecular weight excluding hydrogens is 249 g/mol. The standard InChI is InChI=1S/C10H12FNO4S/c11-7-2-1-5(3-12-7)16-10-9(15)8(14)6(13)4-17-10/h1-3,6,8-10,13-15H,4H2/t6-,8+,9-,10+/m1/s1. The molecule has 3 N–H and O–H groups in total. The molecule has 0 aromatic carbocycles. The third-order valence-corrected chi connectivity index (χ3v) is 3.64. The van der Waals surface area contributed by atoms with E-state index >= 15 is 0 Å². The van der Waals surface area contributed by atoms with Gasteiger partial charge in [0.05, 0.1) is 12.3 Å². The minimum atomic E-state index is -1.24. The van der Waals surface area contributed by atoms with Crippen molar-refractivity contribution in [2.45, 2.75) is 23.7 Å². The van der Waals surface area contributed by atoms with Crippen LogP contribution in [0.1, 0.15) is 0 Å². The van der Waals surface area contributed by atoms with Crippen molar-refractivity contribution >= 4 is 11.8 Å². The van der Waals surface area contributed by atoms with E-state index in [4.69, 9.17) is 4.74 Å². The van der Waals surface area contributed by atoms with Crippen LogP contribution in [0.5, 0.6) is 5.75 Å². The van der Waals surface area contributed by atoms with E-state index in [1.807, 2.05) is 0 Å². The summed E-state index contributed by atoms with van der Waals surface area (Å²) in [5.41, 5.74) is -0.708. The molecule has 17 heavy (non-hydrogen) atoms. The quantitative estimate of drug-likeness (QED) is 0.637. The SMILES string of the molecule is O[C@@H]1[C@@H](O)[C@@H](Oc2ccc(F)nc2)SC[C@H]1O. The number of hydrogen-bond donors (Lipinski definition) is 3. The van der Waals surface area contributed by atoms with Crippen LogP contribution in [-0.4, -0.2) is 49.8 Å². The van der Waals surface area contributed by atoms with Crippen molar-refractivity contribution < 1.29 is 24.4 Å². The Morgan fingerprint density at radius 3 is 2.71 bits per heavy atom. The number of thioether (sulfide) groups is 1. The van der Waals surface area contributed by atoms with Crippen LogP contribution in [0.15, 0.2) is 18.3 Å². The van der Waals surface area contributed by atoms with Crippen molar-refractivity contribution in [1.82, 2.24) is 4.98 Å². The van der Waals surface area contributed by atoms with Gasteiger partial charge < -0.3 is 20.1 Å². The molecule has 0 aliphatic carbocycles. The molecule has 1 aromatic rings. The Hall–Kier alpha value is -0.890. The number of aliphatic hydroxyl groups is 3. The van der Waals surface area contributed by atoms with E-state index in [1.54, 1.807) is 0 Å². The summed E-state index contributed by atoms with van der Waals surface area (Å²) >= 11 is 1.18. The Morgan fingerprint density at radius 2 is 2.06 bits per heavy atom. The molecule has 5 nitrogen and oxygen atoms in total. The summed E-state index contributed by atoms with van der Waals surface area (Å²) in [6.45, 7) is 0. The lowest BCUT2D eigenvalue weighted by molar-refractivity contribution is -0.0786. The van der Waals surface area contributed by atoms with Gasteiger partial charge in [-0.15, -0.1) is 11.8 Å². The number of rotatable bonds is 2. The Balaban J connectivity index is 2.01. The van der Waals surface area contributed by atoms with Gasteiger partial charge in [0, 0.05) is 5.75 Å². The van der Waals surface area contributed by atoms with Gasteiger partial charge in [0.15, 0.2) is 5.44 Å². The summed E-state index contributed by atoms with van der Waals surface area (Å²) in [5, 5.41) is 28.5. The van der Waals surface area contributed by atoms with Gasteiger partial charge in [0.1, 0.15) is 18.0 Å². The average Bonchev–Trinajstić information content (AvgIpc) is 2.33. The molecule has 0 bridgehead atoms. The lowest BCUT2D eigenvalue weighted by Gasteiger charge is -2.34. The highest BCUT2D eigenvalue weighted by Crippen LogP contribution is 2.28. The fourth-order valence-electron chi connectivity index (χ4n) is 1.45. The number of hydrogen-bond acceptors (Lipinski definition) is 6. The number of halogens is 1. The van der Waals surface area contributed by atoms with Gasteiger partial charge in [-0.05, 0) is 12.1 Å². The first-order valence-corrected chi connectivity index (χ1v) is 6.07. The van der Waals surface area contributed by atoms with Gasteiger partial charge in [0.2, 0.25) is 5.95 Å². The molecule has 1 aliphatic heterocycles. The van der Waals surface area contributed by atoms with E-state index in [2.05, 4.69) is 4.98 Å². The maximum Gasteiger partial charge on any atom is 0.213 e. The third kappa shape index (κ3) is 2.86. The molecule has 1 fully saturated rings. The maximum absolute atomic E-state index is 12.6. The fourth-order valence-corrected chi connectivity index (χ4v) is 2.57. The highest BCUT2D eigenvalue weighted by atomic mass is 32.2. The van der Waals surface area contributed by atoms with Crippen molar-refractivity contribution in [1.29, 1.82) is 0 Å². The summed E-state index contributed by atoms with van der Waals surface area (Å²) in [6.07, 6.45) is -2.22. The topological polar surface area (TPSA) is 82.8 Å². The lowest BCUT2D eigenvalue weighted by Crippen LogP contribution is -2.50. The molecular formula is C10H12FNO4S. The zero-order valence-electron chi connectivity index (χ0n) is 8.73. The van der Waals surface area contributed by atoms with Gasteiger partial charge in [-0.3, -0.25) is 0 Å². The first kappa shape index (κ1) is 12.6. The van der Waals surface area contributed by atoms with Gasteiger partial charge in [-0.2, -0.15) is 4.39 Å². The Bertz CT molecular complexity index is 377. The molecule has 2 heterocycles. The number of aromatic nitrogens is 1. The summed E-state index contributed by atoms with van der Waals surface area (Å²) in [7, 11) is 0. The molecule has 94 valence electrons. The fraction of sp³-hybridized carbons (Fsp3) is 0.500. The van der Waals surface area contributed by atoms with Crippen molar-refractivity contribution in [3.63, 3.8) is 0 Å². The molecule has 0 spiro atoms. The second kappa shape index (κ2) is 5.18. The minimum absolute atomic E-state index is 0.261. The summed E-state index contributed by atoms with van der Waals surface area (Å²) in [5.74, 6) is -0.0615. The van der Waals surface area contributed by atoms with Gasteiger partial charge in [0.25, 0.3) is 0 Å². The van der Waals surface area contributed by atoms with Crippen LogP contribution in [0.3, 0.4) is 0 Å². The minimum Gasteiger partial charge on any atom is -0.475 e. The molecule has 0 unspecified atom stereocenters. The predicted octanol–water partition coefficient (Wildman–Crippen LogP) is -0.245. The number of aliphatic hydroxyl groups excluding tert-OH is 3. The van der Waals surface area contributed by atoms with E-state index in [0.29, 0.717) is 5.75 Å². The van der Waals surface area contributed by atoms with Gasteiger partial charge >= 0.3 is 0 Å². The van der Waals surface area contributed by atoms with E-state index in [1.165, 1.54) is 24.0 Å². The molecule has 0 radical (unpaired) electrons. The zero-order valence-corrected chi connectivity index (χ0v) is 9.55. The summed E-state index contributed by atoms with van der Waals surface area (Å²) in [4.78, 5) is 3.41. The van der Waals surface area contributed by atoms with E-state index in [0.717, 1.165) is 6.07 Å². The van der Waals surface area contributed by atoms with Gasteiger partial charge in [-0.1, -0.05) is 0 Å². The first-order valence-electron chi connectivity index (χ1n) is 5.02. The second-order valence-electron chi connectivity index (χ2n) is 3.68. The van der Waals surface area contributed by atoms with E-state index in [-0.39, 0.29) is 5.75 Å². The van der Waals surface area contributed by atoms with Crippen LogP contribution in [0.4, 0.5) is 4.39 Å². The molecule has 2 rings (SSSR count). The zero-order chi connectivity index (χ0) is 12.4. The first-order chi connectivity index (χ1) is 8.08. The number of nitrogens with zero attached hydrogens (tertiary/aromatic N) is 1. The molecule has 0 saturated carbocycles.